The van der Waals surface area contributed by atoms with E-state index < -0.39 is 17.2 Å². The van der Waals surface area contributed by atoms with Crippen molar-refractivity contribution in [3.05, 3.63) is 21.4 Å². The van der Waals surface area contributed by atoms with E-state index in [0.717, 1.165) is 4.88 Å². The maximum absolute atomic E-state index is 13.0. The fourth-order valence-corrected chi connectivity index (χ4v) is 3.01. The Kier molecular flexibility index (Phi) is 3.81. The predicted octanol–water partition coefficient (Wildman–Crippen LogP) is 4.70. The topological polar surface area (TPSA) is 0 Å². The van der Waals surface area contributed by atoms with Gasteiger partial charge in [-0.1, -0.05) is 15.9 Å². The maximum Gasteiger partial charge on any atom is 0.323 e. The van der Waals surface area contributed by atoms with Crippen LogP contribution in [0.2, 0.25) is 0 Å². The van der Waals surface area contributed by atoms with Gasteiger partial charge in [-0.2, -0.15) is 8.78 Å². The van der Waals surface area contributed by atoms with Gasteiger partial charge in [-0.25, -0.2) is 8.78 Å². The Morgan fingerprint density at radius 3 is 2.20 bits per heavy atom. The van der Waals surface area contributed by atoms with Crippen LogP contribution in [0.5, 0.6) is 0 Å². The average molecular weight is 305 g/mol. The van der Waals surface area contributed by atoms with Crippen LogP contribution in [-0.4, -0.2) is 12.3 Å². The Morgan fingerprint density at radius 2 is 1.87 bits per heavy atom. The summed E-state index contributed by atoms with van der Waals surface area (Å²) in [6.45, 7) is 3.39. The van der Waals surface area contributed by atoms with Gasteiger partial charge >= 0.3 is 12.3 Å². The fourth-order valence-electron chi connectivity index (χ4n) is 1.22. The number of rotatable bonds is 3. The highest BCUT2D eigenvalue weighted by Gasteiger charge is 2.48. The van der Waals surface area contributed by atoms with Gasteiger partial charge in [0.25, 0.3) is 0 Å². The minimum Gasteiger partial charge on any atom is -0.204 e. The third kappa shape index (κ3) is 2.53. The molecule has 0 radical (unpaired) electrons. The molecule has 0 saturated carbocycles. The second kappa shape index (κ2) is 4.41. The molecule has 0 aliphatic rings. The van der Waals surface area contributed by atoms with Crippen LogP contribution in [-0.2, 0) is 0 Å². The first kappa shape index (κ1) is 13.0. The maximum atomic E-state index is 13.0. The standard InChI is InChI=1S/C9H9BrF4S/c1-4-3-6(5(2)15-4)7(10)9(13,14)8(11)12/h3,7-8H,1-2H3. The summed E-state index contributed by atoms with van der Waals surface area (Å²) in [6.07, 6.45) is -3.67. The Balaban J connectivity index is 3.04. The van der Waals surface area contributed by atoms with Crippen molar-refractivity contribution in [2.45, 2.75) is 31.0 Å². The second-order valence-corrected chi connectivity index (χ2v) is 5.58. The van der Waals surface area contributed by atoms with E-state index in [0.29, 0.717) is 4.88 Å². The van der Waals surface area contributed by atoms with Gasteiger partial charge in [0.2, 0.25) is 0 Å². The molecule has 0 aromatic carbocycles. The summed E-state index contributed by atoms with van der Waals surface area (Å²) in [5, 5.41) is 0. The van der Waals surface area contributed by atoms with Crippen molar-refractivity contribution >= 4 is 27.3 Å². The number of alkyl halides is 5. The van der Waals surface area contributed by atoms with E-state index >= 15 is 0 Å². The highest BCUT2D eigenvalue weighted by Crippen LogP contribution is 2.45. The first-order valence-electron chi connectivity index (χ1n) is 4.13. The van der Waals surface area contributed by atoms with Crippen molar-refractivity contribution in [1.29, 1.82) is 0 Å². The number of thiophene rings is 1. The molecule has 86 valence electrons. The van der Waals surface area contributed by atoms with E-state index in [-0.39, 0.29) is 5.56 Å². The summed E-state index contributed by atoms with van der Waals surface area (Å²) in [4.78, 5) is -0.165. The first-order valence-corrected chi connectivity index (χ1v) is 5.87. The van der Waals surface area contributed by atoms with Gasteiger partial charge in [0, 0.05) is 9.75 Å². The summed E-state index contributed by atoms with van der Waals surface area (Å²) in [7, 11) is 0. The Hall–Kier alpha value is -0.100. The van der Waals surface area contributed by atoms with Crippen molar-refractivity contribution in [3.8, 4) is 0 Å². The molecule has 1 unspecified atom stereocenters. The molecule has 0 bridgehead atoms. The molecule has 1 rings (SSSR count). The van der Waals surface area contributed by atoms with Crippen molar-refractivity contribution in [1.82, 2.24) is 0 Å². The van der Waals surface area contributed by atoms with Crippen molar-refractivity contribution in [2.75, 3.05) is 0 Å². The van der Waals surface area contributed by atoms with E-state index in [4.69, 9.17) is 0 Å². The number of aryl methyl sites for hydroxylation is 2. The lowest BCUT2D eigenvalue weighted by molar-refractivity contribution is -0.127. The zero-order valence-corrected chi connectivity index (χ0v) is 10.4. The second-order valence-electron chi connectivity index (χ2n) is 3.21. The third-order valence-electron chi connectivity index (χ3n) is 1.98. The highest BCUT2D eigenvalue weighted by atomic mass is 79.9. The van der Waals surface area contributed by atoms with Crippen LogP contribution in [0, 0.1) is 13.8 Å². The van der Waals surface area contributed by atoms with Crippen LogP contribution in [0.25, 0.3) is 0 Å². The van der Waals surface area contributed by atoms with E-state index in [1.807, 2.05) is 0 Å². The predicted molar refractivity (Wildman–Crippen MR) is 56.4 cm³/mol. The molecule has 1 aromatic rings. The molecule has 0 saturated heterocycles. The molecule has 6 heteroatoms. The summed E-state index contributed by atoms with van der Waals surface area (Å²) < 4.78 is 50.3. The minimum absolute atomic E-state index is 0.239. The lowest BCUT2D eigenvalue weighted by Gasteiger charge is -2.21. The largest absolute Gasteiger partial charge is 0.323 e. The Labute approximate surface area is 97.4 Å². The molecule has 1 aromatic heterocycles. The molecule has 0 spiro atoms. The Bertz CT molecular complexity index is 348. The fraction of sp³-hybridized carbons (Fsp3) is 0.556. The Morgan fingerprint density at radius 1 is 1.33 bits per heavy atom. The van der Waals surface area contributed by atoms with Gasteiger partial charge < -0.3 is 0 Å². The van der Waals surface area contributed by atoms with E-state index in [1.54, 1.807) is 13.8 Å². The van der Waals surface area contributed by atoms with E-state index in [2.05, 4.69) is 15.9 Å². The van der Waals surface area contributed by atoms with Gasteiger partial charge in [0.1, 0.15) is 4.83 Å². The molecule has 0 aliphatic carbocycles. The zero-order valence-electron chi connectivity index (χ0n) is 8.03. The van der Waals surface area contributed by atoms with Crippen LogP contribution >= 0.6 is 27.3 Å². The lowest BCUT2D eigenvalue weighted by Crippen LogP contribution is -2.31. The van der Waals surface area contributed by atoms with Gasteiger partial charge in [0.05, 0.1) is 0 Å². The molecule has 0 aliphatic heterocycles. The smallest absolute Gasteiger partial charge is 0.204 e. The summed E-state index contributed by atoms with van der Waals surface area (Å²) in [5.74, 6) is -4.04. The van der Waals surface area contributed by atoms with Crippen LogP contribution in [0.4, 0.5) is 17.6 Å². The third-order valence-corrected chi connectivity index (χ3v) is 4.07. The monoisotopic (exact) mass is 304 g/mol. The van der Waals surface area contributed by atoms with Gasteiger partial charge in [-0.15, -0.1) is 11.3 Å². The molecule has 1 heterocycles. The quantitative estimate of drug-likeness (QED) is 0.561. The lowest BCUT2D eigenvalue weighted by atomic mass is 10.1. The van der Waals surface area contributed by atoms with Crippen LogP contribution in [0.1, 0.15) is 20.1 Å². The van der Waals surface area contributed by atoms with Crippen LogP contribution < -0.4 is 0 Å². The molecular weight excluding hydrogens is 296 g/mol. The molecule has 1 atom stereocenters. The molecule has 0 amide bonds. The van der Waals surface area contributed by atoms with E-state index in [9.17, 15) is 17.6 Å². The molecule has 15 heavy (non-hydrogen) atoms. The van der Waals surface area contributed by atoms with Crippen molar-refractivity contribution in [2.24, 2.45) is 0 Å². The number of hydrogen-bond donors (Lipinski definition) is 0. The molecule has 0 nitrogen and oxygen atoms in total. The van der Waals surface area contributed by atoms with Gasteiger partial charge in [-0.3, -0.25) is 0 Å². The van der Waals surface area contributed by atoms with Crippen molar-refractivity contribution < 1.29 is 17.6 Å². The summed E-state index contributed by atoms with van der Waals surface area (Å²) in [5.41, 5.74) is 0.239. The SMILES string of the molecule is Cc1cc(C(Br)C(F)(F)C(F)F)c(C)s1. The van der Waals surface area contributed by atoms with Crippen LogP contribution in [0.3, 0.4) is 0 Å². The average Bonchev–Trinajstić information content (AvgIpc) is 2.43. The van der Waals surface area contributed by atoms with Gasteiger partial charge in [0.15, 0.2) is 0 Å². The number of hydrogen-bond acceptors (Lipinski definition) is 1. The molecule has 0 N–H and O–H groups in total. The minimum atomic E-state index is -4.04. The highest BCUT2D eigenvalue weighted by molar-refractivity contribution is 9.09. The van der Waals surface area contributed by atoms with Crippen molar-refractivity contribution in [3.63, 3.8) is 0 Å². The van der Waals surface area contributed by atoms with Crippen LogP contribution in [0.15, 0.2) is 6.07 Å². The molecule has 0 fully saturated rings. The summed E-state index contributed by atoms with van der Waals surface area (Å²) >= 11 is 3.97. The van der Waals surface area contributed by atoms with E-state index in [1.165, 1.54) is 17.4 Å². The first-order chi connectivity index (χ1) is 6.76. The summed E-state index contributed by atoms with van der Waals surface area (Å²) in [6, 6.07) is 1.51. The zero-order chi connectivity index (χ0) is 11.8. The molecular formula is C9H9BrF4S. The number of halogens is 5. The van der Waals surface area contributed by atoms with Gasteiger partial charge in [-0.05, 0) is 25.5 Å². The normalized spacial score (nSPS) is 14.7.